The van der Waals surface area contributed by atoms with Crippen molar-refractivity contribution in [2.24, 2.45) is 0 Å². The molecule has 1 saturated heterocycles. The van der Waals surface area contributed by atoms with Crippen LogP contribution in [0.5, 0.6) is 0 Å². The topological polar surface area (TPSA) is 86.7 Å². The molecule has 0 amide bonds. The van der Waals surface area contributed by atoms with Crippen molar-refractivity contribution in [2.75, 3.05) is 18.8 Å². The van der Waals surface area contributed by atoms with Crippen LogP contribution in [-0.4, -0.2) is 37.5 Å². The van der Waals surface area contributed by atoms with Crippen molar-refractivity contribution in [1.29, 1.82) is 0 Å². The van der Waals surface area contributed by atoms with Crippen molar-refractivity contribution >= 4 is 16.0 Å². The first kappa shape index (κ1) is 11.4. The molecule has 0 bridgehead atoms. The molecule has 82 valence electrons. The summed E-state index contributed by atoms with van der Waals surface area (Å²) in [4.78, 5) is 13.6. The molecule has 0 saturated carbocycles. The highest BCUT2D eigenvalue weighted by Crippen LogP contribution is 2.13. The van der Waals surface area contributed by atoms with Gasteiger partial charge in [0.15, 0.2) is 5.75 Å². The summed E-state index contributed by atoms with van der Waals surface area (Å²) < 4.78 is 24.1. The average molecular weight is 222 g/mol. The summed E-state index contributed by atoms with van der Waals surface area (Å²) in [5.41, 5.74) is 0. The Kier molecular flexibility index (Phi) is 3.85. The first-order valence-corrected chi connectivity index (χ1v) is 5.97. The lowest BCUT2D eigenvalue weighted by Gasteiger charge is -2.25. The summed E-state index contributed by atoms with van der Waals surface area (Å²) in [6.45, 7) is 0.850. The zero-order chi connectivity index (χ0) is 10.6. The van der Waals surface area contributed by atoms with Crippen LogP contribution >= 0.6 is 0 Å². The second-order valence-corrected chi connectivity index (χ2v) is 5.14. The van der Waals surface area contributed by atoms with Gasteiger partial charge in [-0.25, -0.2) is 12.7 Å². The van der Waals surface area contributed by atoms with Crippen molar-refractivity contribution < 1.29 is 23.4 Å². The van der Waals surface area contributed by atoms with Crippen LogP contribution in [0.15, 0.2) is 0 Å². The first-order chi connectivity index (χ1) is 6.56. The number of hydrogen-bond donors (Lipinski definition) is 0. The molecule has 1 aliphatic rings. The smallest absolute Gasteiger partial charge is 0.316 e. The Morgan fingerprint density at radius 2 is 1.86 bits per heavy atom. The number of nitrogens with zero attached hydrogens (tertiary/aromatic N) is 1. The molecule has 0 spiro atoms. The minimum absolute atomic E-state index is 0.425. The molecular weight excluding hydrogens is 210 g/mol. The Bertz CT molecular complexity index is 293. The Morgan fingerprint density at radius 3 is 2.36 bits per heavy atom. The molecule has 6 nitrogen and oxygen atoms in total. The van der Waals surface area contributed by atoms with Crippen molar-refractivity contribution in [3.8, 4) is 0 Å². The van der Waals surface area contributed by atoms with E-state index >= 15 is 0 Å². The zero-order valence-corrected chi connectivity index (χ0v) is 8.46. The molecular formula is C7H12NO5S-. The fraction of sp³-hybridized carbons (Fsp3) is 0.857. The van der Waals surface area contributed by atoms with Gasteiger partial charge in [0.1, 0.15) is 0 Å². The summed E-state index contributed by atoms with van der Waals surface area (Å²) >= 11 is 0. The molecule has 14 heavy (non-hydrogen) atoms. The SMILES string of the molecule is O=C(CS(=O)(=O)N1CCCCC1)O[O-]. The third kappa shape index (κ3) is 2.93. The molecule has 1 aliphatic heterocycles. The molecule has 0 radical (unpaired) electrons. The quantitative estimate of drug-likeness (QED) is 0.434. The van der Waals surface area contributed by atoms with Gasteiger partial charge in [-0.1, -0.05) is 6.42 Å². The van der Waals surface area contributed by atoms with E-state index in [2.05, 4.69) is 4.89 Å². The van der Waals surface area contributed by atoms with Crippen molar-refractivity contribution in [3.05, 3.63) is 0 Å². The number of sulfonamides is 1. The van der Waals surface area contributed by atoms with Crippen LogP contribution in [0.2, 0.25) is 0 Å². The molecule has 0 N–H and O–H groups in total. The maximum absolute atomic E-state index is 11.4. The molecule has 0 aromatic heterocycles. The average Bonchev–Trinajstić information content (AvgIpc) is 2.18. The van der Waals surface area contributed by atoms with Crippen LogP contribution in [-0.2, 0) is 19.7 Å². The van der Waals surface area contributed by atoms with Gasteiger partial charge in [-0.2, -0.15) is 0 Å². The van der Waals surface area contributed by atoms with Crippen LogP contribution < -0.4 is 5.26 Å². The fourth-order valence-electron chi connectivity index (χ4n) is 1.41. The summed E-state index contributed by atoms with van der Waals surface area (Å²) in [5.74, 6) is -2.10. The second kappa shape index (κ2) is 4.72. The molecule has 0 aromatic carbocycles. The van der Waals surface area contributed by atoms with Crippen LogP contribution in [0.3, 0.4) is 0 Å². The van der Waals surface area contributed by atoms with E-state index in [1.165, 1.54) is 4.31 Å². The predicted molar refractivity (Wildman–Crippen MR) is 45.3 cm³/mol. The van der Waals surface area contributed by atoms with Crippen LogP contribution in [0.4, 0.5) is 0 Å². The number of carbonyl (C=O) groups is 1. The Hall–Kier alpha value is -0.660. The van der Waals surface area contributed by atoms with Gasteiger partial charge in [-0.3, -0.25) is 4.79 Å². The van der Waals surface area contributed by atoms with Gasteiger partial charge in [0, 0.05) is 13.1 Å². The maximum Gasteiger partial charge on any atom is 0.316 e. The highest BCUT2D eigenvalue weighted by Gasteiger charge is 2.26. The lowest BCUT2D eigenvalue weighted by Crippen LogP contribution is -2.39. The lowest BCUT2D eigenvalue weighted by molar-refractivity contribution is -0.656. The summed E-state index contributed by atoms with van der Waals surface area (Å²) in [7, 11) is -3.64. The first-order valence-electron chi connectivity index (χ1n) is 4.37. The van der Waals surface area contributed by atoms with E-state index < -0.39 is 21.7 Å². The molecule has 1 fully saturated rings. The van der Waals surface area contributed by atoms with Crippen LogP contribution in [0.25, 0.3) is 0 Å². The van der Waals surface area contributed by atoms with E-state index in [9.17, 15) is 18.5 Å². The van der Waals surface area contributed by atoms with Gasteiger partial charge < -0.3 is 10.1 Å². The van der Waals surface area contributed by atoms with Gasteiger partial charge in [-0.15, -0.1) is 0 Å². The Labute approximate surface area is 82.4 Å². The maximum atomic E-state index is 11.4. The van der Waals surface area contributed by atoms with Gasteiger partial charge in [0.2, 0.25) is 10.0 Å². The molecule has 0 atom stereocenters. The largest absolute Gasteiger partial charge is 0.662 e. The van der Waals surface area contributed by atoms with Crippen LogP contribution in [0, 0.1) is 0 Å². The monoisotopic (exact) mass is 222 g/mol. The van der Waals surface area contributed by atoms with Gasteiger partial charge >= 0.3 is 5.97 Å². The highest BCUT2D eigenvalue weighted by molar-refractivity contribution is 7.89. The molecule has 7 heteroatoms. The van der Waals surface area contributed by atoms with Crippen molar-refractivity contribution in [2.45, 2.75) is 19.3 Å². The molecule has 1 heterocycles. The standard InChI is InChI=1S/C7H13NO5S/c9-7(13-10)6-14(11,12)8-4-2-1-3-5-8/h10H,1-6H2/p-1. The lowest BCUT2D eigenvalue weighted by atomic mass is 10.2. The minimum Gasteiger partial charge on any atom is -0.662 e. The summed E-state index contributed by atoms with van der Waals surface area (Å²) in [5, 5.41) is 9.66. The Balaban J connectivity index is 2.59. The summed E-state index contributed by atoms with van der Waals surface area (Å²) in [6, 6.07) is 0. The normalized spacial score (nSPS) is 19.2. The number of hydrogen-bond acceptors (Lipinski definition) is 5. The number of carbonyl (C=O) groups excluding carboxylic acids is 1. The van der Waals surface area contributed by atoms with E-state index in [0.717, 1.165) is 19.3 Å². The second-order valence-electron chi connectivity index (χ2n) is 3.17. The van der Waals surface area contributed by atoms with E-state index in [4.69, 9.17) is 0 Å². The van der Waals surface area contributed by atoms with E-state index in [-0.39, 0.29) is 0 Å². The fourth-order valence-corrected chi connectivity index (χ4v) is 2.75. The molecule has 0 unspecified atom stereocenters. The number of piperidine rings is 1. The van der Waals surface area contributed by atoms with Crippen molar-refractivity contribution in [1.82, 2.24) is 4.31 Å². The minimum atomic E-state index is -3.64. The molecule has 0 aliphatic carbocycles. The van der Waals surface area contributed by atoms with Gasteiger partial charge in [-0.05, 0) is 12.8 Å². The zero-order valence-electron chi connectivity index (χ0n) is 7.64. The van der Waals surface area contributed by atoms with E-state index in [1.807, 2.05) is 0 Å². The van der Waals surface area contributed by atoms with Crippen LogP contribution in [0.1, 0.15) is 19.3 Å². The highest BCUT2D eigenvalue weighted by atomic mass is 32.2. The Morgan fingerprint density at radius 1 is 1.29 bits per heavy atom. The van der Waals surface area contributed by atoms with E-state index in [0.29, 0.717) is 13.1 Å². The van der Waals surface area contributed by atoms with Gasteiger partial charge in [0.05, 0.1) is 0 Å². The predicted octanol–water partition coefficient (Wildman–Crippen LogP) is -1.38. The molecule has 1 rings (SSSR count). The van der Waals surface area contributed by atoms with Gasteiger partial charge in [0.25, 0.3) is 0 Å². The number of rotatable bonds is 3. The third-order valence-electron chi connectivity index (χ3n) is 2.10. The van der Waals surface area contributed by atoms with Crippen molar-refractivity contribution in [3.63, 3.8) is 0 Å². The third-order valence-corrected chi connectivity index (χ3v) is 3.85. The molecule has 0 aromatic rings. The van der Waals surface area contributed by atoms with E-state index in [1.54, 1.807) is 0 Å². The summed E-state index contributed by atoms with van der Waals surface area (Å²) in [6.07, 6.45) is 2.59.